The Hall–Kier alpha value is -1.59. The third-order valence-corrected chi connectivity index (χ3v) is 3.85. The molecule has 1 rings (SSSR count). The number of urea groups is 1. The Bertz CT molecular complexity index is 400. The minimum absolute atomic E-state index is 0.00560. The minimum atomic E-state index is -0.953. The number of aliphatic carboxylic acids is 1. The van der Waals surface area contributed by atoms with Crippen molar-refractivity contribution in [2.45, 2.75) is 52.9 Å². The summed E-state index contributed by atoms with van der Waals surface area (Å²) in [5.74, 6) is -1.40. The van der Waals surface area contributed by atoms with E-state index in [0.717, 1.165) is 19.3 Å². The summed E-state index contributed by atoms with van der Waals surface area (Å²) >= 11 is 0. The van der Waals surface area contributed by atoms with E-state index < -0.39 is 23.3 Å². The van der Waals surface area contributed by atoms with Crippen molar-refractivity contribution in [2.24, 2.45) is 10.8 Å². The van der Waals surface area contributed by atoms with Gasteiger partial charge in [-0.1, -0.05) is 20.8 Å². The molecule has 20 heavy (non-hydrogen) atoms. The van der Waals surface area contributed by atoms with Crippen molar-refractivity contribution in [1.29, 1.82) is 0 Å². The molecule has 3 N–H and O–H groups in total. The van der Waals surface area contributed by atoms with Gasteiger partial charge in [0.15, 0.2) is 0 Å². The molecule has 1 saturated carbocycles. The summed E-state index contributed by atoms with van der Waals surface area (Å²) in [4.78, 5) is 33.9. The Morgan fingerprint density at radius 1 is 1.20 bits per heavy atom. The molecule has 0 aromatic carbocycles. The highest BCUT2D eigenvalue weighted by atomic mass is 16.4. The molecule has 0 heterocycles. The maximum atomic E-state index is 11.7. The molecule has 114 valence electrons. The average Bonchev–Trinajstić information content (AvgIpc) is 3.04. The molecule has 1 aliphatic rings. The second-order valence-electron chi connectivity index (χ2n) is 6.50. The zero-order valence-corrected chi connectivity index (χ0v) is 12.4. The highest BCUT2D eigenvalue weighted by Crippen LogP contribution is 2.47. The molecule has 1 fully saturated rings. The van der Waals surface area contributed by atoms with Crippen LogP contribution in [-0.2, 0) is 9.59 Å². The summed E-state index contributed by atoms with van der Waals surface area (Å²) < 4.78 is 0. The Balaban J connectivity index is 2.31. The quantitative estimate of drug-likeness (QED) is 0.665. The van der Waals surface area contributed by atoms with Crippen molar-refractivity contribution in [1.82, 2.24) is 10.6 Å². The van der Waals surface area contributed by atoms with Crippen LogP contribution in [0.2, 0.25) is 0 Å². The van der Waals surface area contributed by atoms with E-state index in [1.807, 2.05) is 0 Å². The van der Waals surface area contributed by atoms with Crippen LogP contribution in [0.3, 0.4) is 0 Å². The molecule has 0 bridgehead atoms. The van der Waals surface area contributed by atoms with Gasteiger partial charge in [0, 0.05) is 13.0 Å². The van der Waals surface area contributed by atoms with Crippen LogP contribution < -0.4 is 10.6 Å². The Labute approximate surface area is 119 Å². The third kappa shape index (κ3) is 5.59. The number of carbonyl (C=O) groups is 3. The van der Waals surface area contributed by atoms with E-state index in [4.69, 9.17) is 5.11 Å². The van der Waals surface area contributed by atoms with Crippen molar-refractivity contribution in [3.63, 3.8) is 0 Å². The molecule has 1 aliphatic carbocycles. The molecule has 0 atom stereocenters. The van der Waals surface area contributed by atoms with Crippen molar-refractivity contribution in [3.8, 4) is 0 Å². The van der Waals surface area contributed by atoms with Crippen molar-refractivity contribution in [2.75, 3.05) is 6.54 Å². The molecular formula is C14H24N2O4. The highest BCUT2D eigenvalue weighted by molar-refractivity contribution is 5.94. The predicted molar refractivity (Wildman–Crippen MR) is 74.2 cm³/mol. The van der Waals surface area contributed by atoms with Gasteiger partial charge in [-0.2, -0.15) is 0 Å². The lowest BCUT2D eigenvalue weighted by molar-refractivity contribution is -0.139. The van der Waals surface area contributed by atoms with Gasteiger partial charge in [0.05, 0.1) is 6.42 Å². The van der Waals surface area contributed by atoms with Crippen LogP contribution in [0.5, 0.6) is 0 Å². The standard InChI is InChI=1S/C14H24N2O4/c1-4-14(5-6-14)9-15-12(20)16-10(17)7-13(2,3)8-11(18)19/h4-9H2,1-3H3,(H,18,19)(H2,15,16,17,20). The summed E-state index contributed by atoms with van der Waals surface area (Å²) in [7, 11) is 0. The van der Waals surface area contributed by atoms with Crippen LogP contribution in [0.4, 0.5) is 4.79 Å². The van der Waals surface area contributed by atoms with Gasteiger partial charge in [-0.15, -0.1) is 0 Å². The maximum Gasteiger partial charge on any atom is 0.321 e. The number of hydrogen-bond donors (Lipinski definition) is 3. The first kappa shape index (κ1) is 16.5. The lowest BCUT2D eigenvalue weighted by atomic mass is 9.85. The topological polar surface area (TPSA) is 95.5 Å². The highest BCUT2D eigenvalue weighted by Gasteiger charge is 2.40. The fourth-order valence-electron chi connectivity index (χ4n) is 2.22. The van der Waals surface area contributed by atoms with Crippen molar-refractivity contribution >= 4 is 17.9 Å². The van der Waals surface area contributed by atoms with Crippen LogP contribution >= 0.6 is 0 Å². The molecule has 0 saturated heterocycles. The van der Waals surface area contributed by atoms with Crippen molar-refractivity contribution < 1.29 is 19.5 Å². The van der Waals surface area contributed by atoms with Gasteiger partial charge >= 0.3 is 12.0 Å². The Morgan fingerprint density at radius 3 is 2.25 bits per heavy atom. The van der Waals surface area contributed by atoms with Gasteiger partial charge < -0.3 is 10.4 Å². The SMILES string of the molecule is CCC1(CNC(=O)NC(=O)CC(C)(C)CC(=O)O)CC1. The lowest BCUT2D eigenvalue weighted by Crippen LogP contribution is -2.43. The van der Waals surface area contributed by atoms with E-state index in [2.05, 4.69) is 17.6 Å². The number of imide groups is 1. The molecule has 0 unspecified atom stereocenters. The van der Waals surface area contributed by atoms with Crippen LogP contribution in [0.1, 0.15) is 52.9 Å². The summed E-state index contributed by atoms with van der Waals surface area (Å²) in [6.07, 6.45) is 3.15. The molecule has 0 aliphatic heterocycles. The largest absolute Gasteiger partial charge is 0.481 e. The summed E-state index contributed by atoms with van der Waals surface area (Å²) in [6, 6.07) is -0.499. The van der Waals surface area contributed by atoms with Gasteiger partial charge in [-0.05, 0) is 30.1 Å². The zero-order valence-electron chi connectivity index (χ0n) is 12.4. The van der Waals surface area contributed by atoms with Crippen molar-refractivity contribution in [3.05, 3.63) is 0 Å². The Kier molecular flexibility index (Phi) is 5.14. The summed E-state index contributed by atoms with van der Waals surface area (Å²) in [5, 5.41) is 13.7. The summed E-state index contributed by atoms with van der Waals surface area (Å²) in [5.41, 5.74) is -0.444. The van der Waals surface area contributed by atoms with Crippen LogP contribution in [0.25, 0.3) is 0 Å². The molecule has 0 aromatic rings. The van der Waals surface area contributed by atoms with Gasteiger partial charge in [-0.3, -0.25) is 14.9 Å². The molecule has 0 radical (unpaired) electrons. The van der Waals surface area contributed by atoms with Gasteiger partial charge in [0.25, 0.3) is 0 Å². The fourth-order valence-corrected chi connectivity index (χ4v) is 2.22. The van der Waals surface area contributed by atoms with Crippen LogP contribution in [0, 0.1) is 10.8 Å². The first-order valence-corrected chi connectivity index (χ1v) is 6.98. The first-order chi connectivity index (χ1) is 9.18. The van der Waals surface area contributed by atoms with E-state index in [1.54, 1.807) is 13.8 Å². The van der Waals surface area contributed by atoms with Gasteiger partial charge in [-0.25, -0.2) is 4.79 Å². The maximum absolute atomic E-state index is 11.7. The molecule has 6 nitrogen and oxygen atoms in total. The first-order valence-electron chi connectivity index (χ1n) is 6.98. The molecule has 0 aromatic heterocycles. The number of carbonyl (C=O) groups excluding carboxylic acids is 2. The second-order valence-corrected chi connectivity index (χ2v) is 6.50. The minimum Gasteiger partial charge on any atom is -0.481 e. The number of hydrogen-bond acceptors (Lipinski definition) is 3. The molecule has 3 amide bonds. The molecule has 0 spiro atoms. The normalized spacial score (nSPS) is 16.4. The number of carboxylic acids is 1. The van der Waals surface area contributed by atoms with E-state index in [1.165, 1.54) is 0 Å². The number of amides is 3. The second kappa shape index (κ2) is 6.24. The number of carboxylic acid groups (broad SMARTS) is 1. The predicted octanol–water partition coefficient (Wildman–Crippen LogP) is 1.89. The smallest absolute Gasteiger partial charge is 0.321 e. The van der Waals surface area contributed by atoms with E-state index in [-0.39, 0.29) is 18.3 Å². The van der Waals surface area contributed by atoms with E-state index in [0.29, 0.717) is 6.54 Å². The van der Waals surface area contributed by atoms with Crippen LogP contribution in [-0.4, -0.2) is 29.6 Å². The average molecular weight is 284 g/mol. The number of rotatable bonds is 7. The van der Waals surface area contributed by atoms with E-state index >= 15 is 0 Å². The summed E-state index contributed by atoms with van der Waals surface area (Å²) in [6.45, 7) is 6.05. The monoisotopic (exact) mass is 284 g/mol. The zero-order chi connectivity index (χ0) is 15.4. The van der Waals surface area contributed by atoms with E-state index in [9.17, 15) is 14.4 Å². The lowest BCUT2D eigenvalue weighted by Gasteiger charge is -2.21. The van der Waals surface area contributed by atoms with Gasteiger partial charge in [0.2, 0.25) is 5.91 Å². The third-order valence-electron chi connectivity index (χ3n) is 3.85. The molecular weight excluding hydrogens is 260 g/mol. The fraction of sp³-hybridized carbons (Fsp3) is 0.786. The number of nitrogens with one attached hydrogen (secondary N) is 2. The van der Waals surface area contributed by atoms with Crippen LogP contribution in [0.15, 0.2) is 0 Å². The Morgan fingerprint density at radius 2 is 1.80 bits per heavy atom. The molecule has 6 heteroatoms. The van der Waals surface area contributed by atoms with Gasteiger partial charge in [0.1, 0.15) is 0 Å².